The minimum Gasteiger partial charge on any atom is -0.490 e. The molecule has 180 valence electrons. The highest BCUT2D eigenvalue weighted by Gasteiger charge is 2.31. The second-order valence-corrected chi connectivity index (χ2v) is 9.57. The topological polar surface area (TPSA) is 110 Å². The summed E-state index contributed by atoms with van der Waals surface area (Å²) in [6.07, 6.45) is 13.0. The third-order valence-electron chi connectivity index (χ3n) is 6.81. The number of carbonyl (C=O) groups is 1. The molecule has 10 nitrogen and oxygen atoms in total. The number of benzene rings is 1. The average Bonchev–Trinajstić information content (AvgIpc) is 3.54. The van der Waals surface area contributed by atoms with Gasteiger partial charge in [-0.1, -0.05) is 0 Å². The lowest BCUT2D eigenvalue weighted by molar-refractivity contribution is -0.000562. The third-order valence-corrected chi connectivity index (χ3v) is 6.81. The van der Waals surface area contributed by atoms with Gasteiger partial charge in [-0.15, -0.1) is 0 Å². The van der Waals surface area contributed by atoms with Crippen molar-refractivity contribution in [1.29, 1.82) is 0 Å². The summed E-state index contributed by atoms with van der Waals surface area (Å²) < 4.78 is 9.66. The molecule has 5 heterocycles. The maximum atomic E-state index is 13.3. The fourth-order valence-electron chi connectivity index (χ4n) is 5.01. The number of carbonyl (C=O) groups excluding carboxylic acids is 1. The van der Waals surface area contributed by atoms with Gasteiger partial charge in [0.25, 0.3) is 5.91 Å². The molecule has 2 aliphatic rings. The van der Waals surface area contributed by atoms with Crippen LogP contribution in [0.25, 0.3) is 5.65 Å². The Hall–Kier alpha value is -3.92. The highest BCUT2D eigenvalue weighted by Crippen LogP contribution is 2.40. The summed E-state index contributed by atoms with van der Waals surface area (Å²) in [5, 5.41) is 17.9. The van der Waals surface area contributed by atoms with Crippen molar-refractivity contribution >= 4 is 22.9 Å². The number of hydrogen-bond acceptors (Lipinski definition) is 7. The number of ether oxygens (including phenoxy) is 1. The van der Waals surface area contributed by atoms with Crippen LogP contribution >= 0.6 is 0 Å². The van der Waals surface area contributed by atoms with Crippen LogP contribution in [-0.2, 0) is 6.42 Å². The molecule has 0 spiro atoms. The van der Waals surface area contributed by atoms with Crippen LogP contribution < -0.4 is 15.0 Å². The minimum absolute atomic E-state index is 0.238. The fraction of sp³-hybridized carbons (Fsp3) is 0.360. The van der Waals surface area contributed by atoms with Gasteiger partial charge < -0.3 is 24.6 Å². The molecule has 1 atom stereocenters. The van der Waals surface area contributed by atoms with Gasteiger partial charge in [-0.3, -0.25) is 4.79 Å². The molecular weight excluding hydrogens is 446 g/mol. The van der Waals surface area contributed by atoms with Gasteiger partial charge in [-0.05, 0) is 37.5 Å². The summed E-state index contributed by atoms with van der Waals surface area (Å²) in [5.41, 5.74) is 2.41. The van der Waals surface area contributed by atoms with Gasteiger partial charge >= 0.3 is 0 Å². The van der Waals surface area contributed by atoms with Crippen LogP contribution in [0, 0.1) is 0 Å². The van der Waals surface area contributed by atoms with E-state index in [0.29, 0.717) is 29.4 Å². The number of piperidine rings is 1. The lowest BCUT2D eigenvalue weighted by Gasteiger charge is -2.37. The van der Waals surface area contributed by atoms with E-state index in [9.17, 15) is 9.90 Å². The molecule has 10 heteroatoms. The maximum Gasteiger partial charge on any atom is 0.261 e. The summed E-state index contributed by atoms with van der Waals surface area (Å²) in [7, 11) is 0. The number of rotatable bonds is 4. The number of fused-ring (bicyclic) bond motifs is 2. The van der Waals surface area contributed by atoms with E-state index >= 15 is 0 Å². The average molecular weight is 474 g/mol. The number of hydrogen-bond donors (Lipinski definition) is 2. The number of imidazole rings is 1. The molecule has 1 amide bonds. The first-order valence-corrected chi connectivity index (χ1v) is 11.8. The summed E-state index contributed by atoms with van der Waals surface area (Å²) in [4.78, 5) is 24.1. The zero-order valence-electron chi connectivity index (χ0n) is 19.5. The van der Waals surface area contributed by atoms with Crippen molar-refractivity contribution in [3.8, 4) is 5.75 Å². The molecule has 4 aromatic rings. The summed E-state index contributed by atoms with van der Waals surface area (Å²) in [5.74, 6) is 0.468. The van der Waals surface area contributed by atoms with Crippen molar-refractivity contribution < 1.29 is 14.6 Å². The third kappa shape index (κ3) is 4.10. The molecule has 3 aromatic heterocycles. The van der Waals surface area contributed by atoms with Crippen LogP contribution in [0.15, 0.2) is 55.5 Å². The number of anilines is 2. The van der Waals surface area contributed by atoms with Crippen molar-refractivity contribution in [3.63, 3.8) is 0 Å². The zero-order chi connectivity index (χ0) is 24.0. The molecule has 0 unspecified atom stereocenters. The Morgan fingerprint density at radius 3 is 2.89 bits per heavy atom. The first-order chi connectivity index (χ1) is 17.0. The Morgan fingerprint density at radius 1 is 1.23 bits per heavy atom. The van der Waals surface area contributed by atoms with E-state index in [1.54, 1.807) is 29.9 Å². The van der Waals surface area contributed by atoms with E-state index in [2.05, 4.69) is 29.9 Å². The molecular formula is C25H27N7O3. The Kier molecular flexibility index (Phi) is 5.18. The molecule has 2 N–H and O–H groups in total. The van der Waals surface area contributed by atoms with E-state index < -0.39 is 5.60 Å². The molecule has 0 radical (unpaired) electrons. The predicted octanol–water partition coefficient (Wildman–Crippen LogP) is 2.71. The van der Waals surface area contributed by atoms with Gasteiger partial charge in [0.05, 0.1) is 29.5 Å². The van der Waals surface area contributed by atoms with Crippen LogP contribution in [0.2, 0.25) is 0 Å². The summed E-state index contributed by atoms with van der Waals surface area (Å²) in [6.45, 7) is 3.66. The molecule has 0 aliphatic carbocycles. The molecule has 1 aromatic carbocycles. The first kappa shape index (κ1) is 21.6. The normalized spacial score (nSPS) is 20.5. The van der Waals surface area contributed by atoms with Crippen molar-refractivity contribution in [2.24, 2.45) is 0 Å². The maximum absolute atomic E-state index is 13.3. The number of nitrogens with one attached hydrogen (secondary N) is 1. The zero-order valence-corrected chi connectivity index (χ0v) is 19.5. The molecule has 35 heavy (non-hydrogen) atoms. The quantitative estimate of drug-likeness (QED) is 0.469. The van der Waals surface area contributed by atoms with Gasteiger partial charge in [-0.2, -0.15) is 5.10 Å². The Morgan fingerprint density at radius 2 is 2.09 bits per heavy atom. The monoisotopic (exact) mass is 473 g/mol. The Bertz CT molecular complexity index is 1370. The smallest absolute Gasteiger partial charge is 0.261 e. The largest absolute Gasteiger partial charge is 0.490 e. The lowest BCUT2D eigenvalue weighted by Crippen LogP contribution is -2.39. The van der Waals surface area contributed by atoms with E-state index in [1.807, 2.05) is 30.9 Å². The number of aromatic nitrogens is 5. The van der Waals surface area contributed by atoms with Crippen molar-refractivity contribution in [2.75, 3.05) is 29.9 Å². The number of nitrogens with zero attached hydrogens (tertiary/aromatic N) is 6. The van der Waals surface area contributed by atoms with E-state index in [0.717, 1.165) is 42.9 Å². The second-order valence-electron chi connectivity index (χ2n) is 9.57. The predicted molar refractivity (Wildman–Crippen MR) is 130 cm³/mol. The minimum atomic E-state index is -0.953. The molecule has 1 saturated heterocycles. The van der Waals surface area contributed by atoms with Gasteiger partial charge in [-0.25, -0.2) is 14.5 Å². The van der Waals surface area contributed by atoms with Crippen LogP contribution in [0.1, 0.15) is 41.7 Å². The van der Waals surface area contributed by atoms with Crippen molar-refractivity contribution in [2.45, 2.75) is 37.8 Å². The van der Waals surface area contributed by atoms with E-state index in [-0.39, 0.29) is 12.5 Å². The lowest BCUT2D eigenvalue weighted by atomic mass is 9.93. The highest BCUT2D eigenvalue weighted by molar-refractivity contribution is 6.09. The molecule has 0 saturated carbocycles. The number of aliphatic hydroxyl groups is 1. The second kappa shape index (κ2) is 8.38. The summed E-state index contributed by atoms with van der Waals surface area (Å²) in [6, 6.07) is 6.09. The first-order valence-electron chi connectivity index (χ1n) is 11.8. The van der Waals surface area contributed by atoms with Gasteiger partial charge in [0.15, 0.2) is 5.65 Å². The highest BCUT2D eigenvalue weighted by atomic mass is 16.5. The van der Waals surface area contributed by atoms with Crippen LogP contribution in [0.4, 0.5) is 11.4 Å². The van der Waals surface area contributed by atoms with Crippen LogP contribution in [0.5, 0.6) is 5.75 Å². The van der Waals surface area contributed by atoms with Gasteiger partial charge in [0.2, 0.25) is 0 Å². The molecule has 6 rings (SSSR count). The van der Waals surface area contributed by atoms with Crippen LogP contribution in [0.3, 0.4) is 0 Å². The van der Waals surface area contributed by atoms with Gasteiger partial charge in [0, 0.05) is 56.4 Å². The molecule has 1 fully saturated rings. The Balaban J connectivity index is 1.32. The summed E-state index contributed by atoms with van der Waals surface area (Å²) >= 11 is 0. The number of amides is 1. The van der Waals surface area contributed by atoms with Crippen molar-refractivity contribution in [3.05, 3.63) is 66.6 Å². The van der Waals surface area contributed by atoms with E-state index in [1.165, 1.54) is 6.20 Å². The molecule has 0 bridgehead atoms. The molecule has 2 aliphatic heterocycles. The standard InChI is InChI=1S/C25H27N7O3/c1-25(34)13-17-11-20(29-24(33)19-14-28-32-7-2-5-27-23(19)32)21(12-22(17)35-15-25)30-8-3-18(4-9-30)31-10-6-26-16-31/h2,5-7,10-12,14,16,18,34H,3-4,8-9,13,15H2,1H3,(H,29,33)/t25-/m1/s1. The van der Waals surface area contributed by atoms with E-state index in [4.69, 9.17) is 4.74 Å². The fourth-order valence-corrected chi connectivity index (χ4v) is 5.01. The van der Waals surface area contributed by atoms with Crippen molar-refractivity contribution in [1.82, 2.24) is 24.1 Å². The van der Waals surface area contributed by atoms with Gasteiger partial charge in [0.1, 0.15) is 17.9 Å². The van der Waals surface area contributed by atoms with Crippen LogP contribution in [-0.4, -0.2) is 60.5 Å². The Labute approximate surface area is 202 Å². The SMILES string of the molecule is C[C@]1(O)COc2cc(N3CCC(n4ccnc4)CC3)c(NC(=O)c3cnn4cccnc34)cc2C1.